The maximum Gasteiger partial charge on any atom is 0.387 e. The molecule has 0 fully saturated rings. The van der Waals surface area contributed by atoms with Crippen molar-refractivity contribution in [1.82, 2.24) is 4.98 Å². The number of hydrogen-bond donors (Lipinski definition) is 2. The molecule has 0 bridgehead atoms. The highest BCUT2D eigenvalue weighted by atomic mass is 35.5. The first-order valence-electron chi connectivity index (χ1n) is 11.1. The van der Waals surface area contributed by atoms with Gasteiger partial charge in [-0.3, -0.25) is 9.78 Å². The van der Waals surface area contributed by atoms with Crippen molar-refractivity contribution in [3.05, 3.63) is 76.0 Å². The topological polar surface area (TPSA) is 107 Å². The number of aliphatic hydroxyl groups is 1. The number of carbonyl (C=O) groups excluding carboxylic acids is 2. The number of nitrogens with one attached hydrogen (secondary N) is 1. The second-order valence-corrected chi connectivity index (χ2v) is 9.39. The molecule has 0 aliphatic carbocycles. The summed E-state index contributed by atoms with van der Waals surface area (Å²) in [4.78, 5) is 29.2. The molecule has 0 saturated carbocycles. The van der Waals surface area contributed by atoms with Crippen molar-refractivity contribution in [2.75, 3.05) is 30.9 Å². The van der Waals surface area contributed by atoms with E-state index in [9.17, 15) is 18.4 Å². The molecule has 2 N–H and O–H groups in total. The summed E-state index contributed by atoms with van der Waals surface area (Å²) >= 11 is 13.6. The minimum atomic E-state index is -3.08. The molecule has 3 aromatic rings. The average molecular weight is 587 g/mol. The molecule has 0 aliphatic rings. The number of ether oxygens (including phenoxy) is 3. The van der Waals surface area contributed by atoms with Crippen LogP contribution >= 0.6 is 35.0 Å². The van der Waals surface area contributed by atoms with Crippen LogP contribution in [0.15, 0.2) is 59.8 Å². The van der Waals surface area contributed by atoms with Gasteiger partial charge in [-0.05, 0) is 48.9 Å². The van der Waals surface area contributed by atoms with Gasteiger partial charge in [-0.25, -0.2) is 4.79 Å². The summed E-state index contributed by atoms with van der Waals surface area (Å²) in [5.74, 6) is -0.728. The minimum Gasteiger partial charge on any atom is -0.490 e. The maximum absolute atomic E-state index is 12.9. The molecule has 8 nitrogen and oxygen atoms in total. The van der Waals surface area contributed by atoms with E-state index in [1.54, 1.807) is 24.3 Å². The van der Waals surface area contributed by atoms with Crippen LogP contribution in [0.25, 0.3) is 0 Å². The van der Waals surface area contributed by atoms with Gasteiger partial charge in [0.05, 0.1) is 34.5 Å². The van der Waals surface area contributed by atoms with Crippen LogP contribution in [0.5, 0.6) is 11.5 Å². The number of benzene rings is 2. The van der Waals surface area contributed by atoms with Gasteiger partial charge in [-0.15, -0.1) is 11.8 Å². The van der Waals surface area contributed by atoms with Crippen LogP contribution in [-0.2, 0) is 4.74 Å². The lowest BCUT2D eigenvalue weighted by Crippen LogP contribution is -2.14. The second-order valence-electron chi connectivity index (χ2n) is 7.41. The largest absolute Gasteiger partial charge is 0.490 e. The molecule has 0 saturated heterocycles. The standard InChI is InChI=1S/C25H22Cl2F2N2O6S/c26-18-13-30-14-19(27)22(18)31-23(33)16-4-7-20(37-25(28)29)21(12-16)35-9-1-11-38-17-5-2-15(3-6-17)24(34)36-10-8-32/h2-7,12-14,25,32H,1,8-11H2,(H,30,31,33). The number of pyridine rings is 1. The molecular weight excluding hydrogens is 565 g/mol. The molecule has 38 heavy (non-hydrogen) atoms. The molecule has 0 radical (unpaired) electrons. The van der Waals surface area contributed by atoms with E-state index in [2.05, 4.69) is 15.0 Å². The van der Waals surface area contributed by atoms with E-state index >= 15 is 0 Å². The van der Waals surface area contributed by atoms with E-state index in [0.717, 1.165) is 4.90 Å². The van der Waals surface area contributed by atoms with Crippen molar-refractivity contribution in [3.63, 3.8) is 0 Å². The second kappa shape index (κ2) is 14.7. The Bertz CT molecular complexity index is 1230. The number of rotatable bonds is 13. The zero-order valence-corrected chi connectivity index (χ0v) is 22.0. The third kappa shape index (κ3) is 8.73. The third-order valence-corrected chi connectivity index (χ3v) is 6.41. The number of anilines is 1. The van der Waals surface area contributed by atoms with E-state index in [1.807, 2.05) is 0 Å². The van der Waals surface area contributed by atoms with Gasteiger partial charge < -0.3 is 24.6 Å². The lowest BCUT2D eigenvalue weighted by molar-refractivity contribution is -0.0515. The lowest BCUT2D eigenvalue weighted by atomic mass is 10.2. The minimum absolute atomic E-state index is 0.0272. The molecule has 0 aliphatic heterocycles. The molecule has 1 amide bonds. The molecule has 1 aromatic heterocycles. The highest BCUT2D eigenvalue weighted by molar-refractivity contribution is 7.99. The van der Waals surface area contributed by atoms with Gasteiger partial charge in [-0.1, -0.05) is 23.2 Å². The molecule has 0 atom stereocenters. The third-order valence-electron chi connectivity index (χ3n) is 4.74. The summed E-state index contributed by atoms with van der Waals surface area (Å²) in [6, 6.07) is 10.6. The predicted octanol–water partition coefficient (Wildman–Crippen LogP) is 5.95. The van der Waals surface area contributed by atoms with Crippen molar-refractivity contribution < 1.29 is 37.7 Å². The van der Waals surface area contributed by atoms with Gasteiger partial charge in [0.2, 0.25) is 0 Å². The van der Waals surface area contributed by atoms with Crippen molar-refractivity contribution in [2.24, 2.45) is 0 Å². The Hall–Kier alpha value is -3.12. The number of aromatic nitrogens is 1. The van der Waals surface area contributed by atoms with Crippen molar-refractivity contribution in [2.45, 2.75) is 17.9 Å². The number of esters is 1. The number of alkyl halides is 2. The zero-order chi connectivity index (χ0) is 27.5. The fourth-order valence-corrected chi connectivity index (χ4v) is 4.30. The van der Waals surface area contributed by atoms with Crippen LogP contribution in [0, 0.1) is 0 Å². The fourth-order valence-electron chi connectivity index (χ4n) is 3.01. The summed E-state index contributed by atoms with van der Waals surface area (Å²) in [6.07, 6.45) is 3.17. The van der Waals surface area contributed by atoms with Crippen molar-refractivity contribution in [3.8, 4) is 11.5 Å². The van der Waals surface area contributed by atoms with Gasteiger partial charge in [0.25, 0.3) is 5.91 Å². The number of aliphatic hydroxyl groups excluding tert-OH is 1. The Labute approximate surface area is 231 Å². The smallest absolute Gasteiger partial charge is 0.387 e. The molecule has 1 heterocycles. The first-order chi connectivity index (χ1) is 18.3. The van der Waals surface area contributed by atoms with Crippen molar-refractivity contribution in [1.29, 1.82) is 0 Å². The van der Waals surface area contributed by atoms with Crippen LogP contribution in [0.1, 0.15) is 27.1 Å². The summed E-state index contributed by atoms with van der Waals surface area (Å²) in [6.45, 7) is -3.23. The number of amides is 1. The molecule has 0 unspecified atom stereocenters. The van der Waals surface area contributed by atoms with E-state index in [4.69, 9.17) is 37.8 Å². The Morgan fingerprint density at radius 2 is 1.68 bits per heavy atom. The average Bonchev–Trinajstić information content (AvgIpc) is 2.90. The highest BCUT2D eigenvalue weighted by Gasteiger charge is 2.17. The Morgan fingerprint density at radius 1 is 1.00 bits per heavy atom. The first-order valence-corrected chi connectivity index (χ1v) is 12.9. The summed E-state index contributed by atoms with van der Waals surface area (Å²) < 4.78 is 40.8. The number of halogens is 4. The number of hydrogen-bond acceptors (Lipinski definition) is 8. The summed E-state index contributed by atoms with van der Waals surface area (Å²) in [5, 5.41) is 11.6. The molecular formula is C25H22Cl2F2N2O6S. The van der Waals surface area contributed by atoms with E-state index in [1.165, 1.54) is 42.4 Å². The molecule has 13 heteroatoms. The normalized spacial score (nSPS) is 10.8. The van der Waals surface area contributed by atoms with Gasteiger partial charge in [0, 0.05) is 28.6 Å². The Morgan fingerprint density at radius 3 is 2.34 bits per heavy atom. The molecule has 0 spiro atoms. The number of carbonyl (C=O) groups is 2. The van der Waals surface area contributed by atoms with E-state index in [0.29, 0.717) is 17.7 Å². The molecule has 202 valence electrons. The SMILES string of the molecule is O=C(Nc1c(Cl)cncc1Cl)c1ccc(OC(F)F)c(OCCCSc2ccc(C(=O)OCCO)cc2)c1. The Balaban J connectivity index is 1.57. The van der Waals surface area contributed by atoms with Crippen LogP contribution in [0.4, 0.5) is 14.5 Å². The number of nitrogens with zero attached hydrogens (tertiary/aromatic N) is 1. The zero-order valence-electron chi connectivity index (χ0n) is 19.7. The van der Waals surface area contributed by atoms with Gasteiger partial charge in [-0.2, -0.15) is 8.78 Å². The van der Waals surface area contributed by atoms with Gasteiger partial charge in [0.15, 0.2) is 11.5 Å². The fraction of sp³-hybridized carbons (Fsp3) is 0.240. The highest BCUT2D eigenvalue weighted by Crippen LogP contribution is 2.32. The summed E-state index contributed by atoms with van der Waals surface area (Å²) in [7, 11) is 0. The first kappa shape index (κ1) is 29.4. The predicted molar refractivity (Wildman–Crippen MR) is 140 cm³/mol. The van der Waals surface area contributed by atoms with Crippen molar-refractivity contribution >= 4 is 52.5 Å². The van der Waals surface area contributed by atoms with Gasteiger partial charge in [0.1, 0.15) is 6.61 Å². The van der Waals surface area contributed by atoms with Crippen LogP contribution in [0.2, 0.25) is 10.0 Å². The maximum atomic E-state index is 12.9. The lowest BCUT2D eigenvalue weighted by Gasteiger charge is -2.14. The van der Waals surface area contributed by atoms with Crippen LogP contribution in [0.3, 0.4) is 0 Å². The quantitative estimate of drug-likeness (QED) is 0.144. The molecule has 2 aromatic carbocycles. The van der Waals surface area contributed by atoms with E-state index < -0.39 is 18.5 Å². The molecule has 3 rings (SSSR count). The van der Waals surface area contributed by atoms with Gasteiger partial charge >= 0.3 is 12.6 Å². The van der Waals surface area contributed by atoms with Crippen LogP contribution < -0.4 is 14.8 Å². The summed E-state index contributed by atoms with van der Waals surface area (Å²) in [5.41, 5.74) is 0.642. The Kier molecular flexibility index (Phi) is 11.4. The number of thioether (sulfide) groups is 1. The van der Waals surface area contributed by atoms with E-state index in [-0.39, 0.29) is 52.6 Å². The monoisotopic (exact) mass is 586 g/mol. The van der Waals surface area contributed by atoms with Crippen LogP contribution in [-0.4, -0.2) is 54.2 Å².